The van der Waals surface area contributed by atoms with Crippen LogP contribution in [0.1, 0.15) is 35.7 Å². The van der Waals surface area contributed by atoms with Crippen LogP contribution in [0.5, 0.6) is 5.75 Å². The molecule has 0 aliphatic heterocycles. The molecule has 0 amide bonds. The lowest BCUT2D eigenvalue weighted by atomic mass is 10.0. The fraction of sp³-hybridized carbons (Fsp3) is 0.222. The molecule has 0 aliphatic carbocycles. The minimum Gasteiger partial charge on any atom is -0.496 e. The fourth-order valence-corrected chi connectivity index (χ4v) is 3.50. The number of allylic oxidation sites excluding steroid dienone is 2. The zero-order valence-electron chi connectivity index (χ0n) is 18.4. The van der Waals surface area contributed by atoms with Gasteiger partial charge in [-0.1, -0.05) is 36.4 Å². The highest BCUT2D eigenvalue weighted by atomic mass is 35.5. The summed E-state index contributed by atoms with van der Waals surface area (Å²) in [6.07, 6.45) is 8.26. The normalized spacial score (nSPS) is 12.0. The number of nitrogens with zero attached hydrogens (tertiary/aromatic N) is 1. The van der Waals surface area contributed by atoms with Gasteiger partial charge in [0.25, 0.3) is 0 Å². The van der Waals surface area contributed by atoms with E-state index < -0.39 is 0 Å². The van der Waals surface area contributed by atoms with Crippen molar-refractivity contribution < 1.29 is 9.13 Å². The molecule has 0 spiro atoms. The van der Waals surface area contributed by atoms with Crippen molar-refractivity contribution >= 4 is 22.9 Å². The Labute approximate surface area is 194 Å². The van der Waals surface area contributed by atoms with E-state index in [0.29, 0.717) is 12.3 Å². The number of methoxy groups -OCH3 is 1. The molecule has 1 N–H and O–H groups in total. The van der Waals surface area contributed by atoms with Crippen LogP contribution in [0.25, 0.3) is 11.3 Å². The minimum absolute atomic E-state index is 0.259. The molecule has 0 aliphatic rings. The van der Waals surface area contributed by atoms with Crippen molar-refractivity contribution in [1.82, 2.24) is 10.3 Å². The SMILES string of the molecule is COc1cc(CCc2ccccn2)ccc1/C(C)=C/N/C(=C/CCCl)c1ccc(F)cc1. The van der Waals surface area contributed by atoms with E-state index in [2.05, 4.69) is 28.5 Å². The predicted molar refractivity (Wildman–Crippen MR) is 131 cm³/mol. The molecule has 1 heterocycles. The third kappa shape index (κ3) is 6.69. The molecule has 0 unspecified atom stereocenters. The van der Waals surface area contributed by atoms with Crippen LogP contribution < -0.4 is 10.1 Å². The summed E-state index contributed by atoms with van der Waals surface area (Å²) in [6.45, 7) is 2.03. The van der Waals surface area contributed by atoms with E-state index in [9.17, 15) is 4.39 Å². The number of pyridine rings is 1. The van der Waals surface area contributed by atoms with Crippen molar-refractivity contribution in [3.63, 3.8) is 0 Å². The van der Waals surface area contributed by atoms with E-state index in [4.69, 9.17) is 16.3 Å². The van der Waals surface area contributed by atoms with Crippen molar-refractivity contribution in [3.8, 4) is 5.75 Å². The fourth-order valence-electron chi connectivity index (χ4n) is 3.39. The standard InChI is InChI=1S/C27H28ClFN2O/c1-20(19-31-26(7-5-16-28)22-10-12-23(29)13-11-22)25-15-9-21(18-27(25)32-2)8-14-24-6-3-4-17-30-24/h3-4,6-7,9-13,15,17-19,31H,5,8,14,16H2,1-2H3/b20-19+,26-7+. The molecule has 1 aromatic heterocycles. The van der Waals surface area contributed by atoms with Gasteiger partial charge in [0.1, 0.15) is 11.6 Å². The van der Waals surface area contributed by atoms with Gasteiger partial charge in [-0.25, -0.2) is 4.39 Å². The van der Waals surface area contributed by atoms with E-state index >= 15 is 0 Å². The molecule has 0 atom stereocenters. The zero-order valence-corrected chi connectivity index (χ0v) is 19.2. The van der Waals surface area contributed by atoms with Gasteiger partial charge in [0, 0.05) is 35.2 Å². The number of alkyl halides is 1. The van der Waals surface area contributed by atoms with Crippen LogP contribution in [0.3, 0.4) is 0 Å². The summed E-state index contributed by atoms with van der Waals surface area (Å²) >= 11 is 5.87. The summed E-state index contributed by atoms with van der Waals surface area (Å²) in [6, 6.07) is 18.7. The second kappa shape index (κ2) is 12.1. The number of rotatable bonds is 10. The Morgan fingerprint density at radius 3 is 2.59 bits per heavy atom. The molecule has 3 aromatic rings. The summed E-state index contributed by atoms with van der Waals surface area (Å²) in [5.41, 5.74) is 6.10. The van der Waals surface area contributed by atoms with Crippen LogP contribution >= 0.6 is 11.6 Å². The topological polar surface area (TPSA) is 34.1 Å². The summed E-state index contributed by atoms with van der Waals surface area (Å²) in [4.78, 5) is 4.39. The van der Waals surface area contributed by atoms with Crippen LogP contribution in [-0.4, -0.2) is 18.0 Å². The molecule has 0 bridgehead atoms. The lowest BCUT2D eigenvalue weighted by Crippen LogP contribution is -2.06. The van der Waals surface area contributed by atoms with E-state index in [1.165, 1.54) is 17.7 Å². The van der Waals surface area contributed by atoms with E-state index in [-0.39, 0.29) is 5.82 Å². The lowest BCUT2D eigenvalue weighted by Gasteiger charge is -2.13. The van der Waals surface area contributed by atoms with Gasteiger partial charge < -0.3 is 10.1 Å². The van der Waals surface area contributed by atoms with Crippen molar-refractivity contribution in [1.29, 1.82) is 0 Å². The third-order valence-corrected chi connectivity index (χ3v) is 5.36. The maximum absolute atomic E-state index is 13.3. The summed E-state index contributed by atoms with van der Waals surface area (Å²) < 4.78 is 19.0. The van der Waals surface area contributed by atoms with Gasteiger partial charge in [-0.05, 0) is 73.2 Å². The number of hydrogen-bond donors (Lipinski definition) is 1. The number of nitrogens with one attached hydrogen (secondary N) is 1. The molecule has 0 fully saturated rings. The number of ether oxygens (including phenoxy) is 1. The van der Waals surface area contributed by atoms with Gasteiger partial charge in [0.2, 0.25) is 0 Å². The van der Waals surface area contributed by atoms with Gasteiger partial charge in [-0.3, -0.25) is 4.98 Å². The second-order valence-electron chi connectivity index (χ2n) is 7.43. The van der Waals surface area contributed by atoms with Crippen molar-refractivity contribution in [3.05, 3.63) is 107 Å². The minimum atomic E-state index is -0.259. The van der Waals surface area contributed by atoms with Crippen molar-refractivity contribution in [2.45, 2.75) is 26.2 Å². The average Bonchev–Trinajstić information content (AvgIpc) is 2.83. The van der Waals surface area contributed by atoms with Crippen LogP contribution in [0.4, 0.5) is 4.39 Å². The lowest BCUT2D eigenvalue weighted by molar-refractivity contribution is 0.413. The summed E-state index contributed by atoms with van der Waals surface area (Å²) in [5.74, 6) is 1.08. The van der Waals surface area contributed by atoms with Crippen molar-refractivity contribution in [2.75, 3.05) is 13.0 Å². The number of halogens is 2. The summed E-state index contributed by atoms with van der Waals surface area (Å²) in [5, 5.41) is 3.36. The molecule has 0 saturated carbocycles. The molecular formula is C27H28ClFN2O. The Morgan fingerprint density at radius 2 is 1.91 bits per heavy atom. The Kier molecular flexibility index (Phi) is 8.88. The number of benzene rings is 2. The number of hydrogen-bond acceptors (Lipinski definition) is 3. The van der Waals surface area contributed by atoms with Crippen LogP contribution in [0, 0.1) is 5.82 Å². The molecule has 3 rings (SSSR count). The largest absolute Gasteiger partial charge is 0.496 e. The van der Waals surface area contributed by atoms with Crippen LogP contribution in [0.15, 0.2) is 79.1 Å². The Bertz CT molecular complexity index is 1060. The maximum atomic E-state index is 13.3. The highest BCUT2D eigenvalue weighted by Crippen LogP contribution is 2.27. The highest BCUT2D eigenvalue weighted by molar-refractivity contribution is 6.18. The van der Waals surface area contributed by atoms with Gasteiger partial charge in [0.05, 0.1) is 7.11 Å². The molecule has 0 saturated heterocycles. The van der Waals surface area contributed by atoms with Crippen LogP contribution in [0.2, 0.25) is 0 Å². The first-order valence-corrected chi connectivity index (χ1v) is 11.2. The van der Waals surface area contributed by atoms with Gasteiger partial charge in [0.15, 0.2) is 0 Å². The third-order valence-electron chi connectivity index (χ3n) is 5.14. The molecular weight excluding hydrogens is 423 g/mol. The van der Waals surface area contributed by atoms with E-state index in [1.54, 1.807) is 19.2 Å². The molecule has 3 nitrogen and oxygen atoms in total. The first-order chi connectivity index (χ1) is 15.6. The zero-order chi connectivity index (χ0) is 22.8. The highest BCUT2D eigenvalue weighted by Gasteiger charge is 2.08. The summed E-state index contributed by atoms with van der Waals surface area (Å²) in [7, 11) is 1.69. The number of aromatic nitrogens is 1. The van der Waals surface area contributed by atoms with Gasteiger partial charge in [-0.15, -0.1) is 11.6 Å². The Hall–Kier alpha value is -3.11. The Morgan fingerprint density at radius 1 is 1.09 bits per heavy atom. The van der Waals surface area contributed by atoms with Gasteiger partial charge in [-0.2, -0.15) is 0 Å². The second-order valence-corrected chi connectivity index (χ2v) is 7.81. The molecule has 2 aromatic carbocycles. The number of aryl methyl sites for hydroxylation is 2. The van der Waals surface area contributed by atoms with Crippen LogP contribution in [-0.2, 0) is 12.8 Å². The van der Waals surface area contributed by atoms with E-state index in [1.807, 2.05) is 43.6 Å². The molecule has 166 valence electrons. The molecule has 5 heteroatoms. The van der Waals surface area contributed by atoms with E-state index in [0.717, 1.165) is 46.7 Å². The van der Waals surface area contributed by atoms with Gasteiger partial charge >= 0.3 is 0 Å². The smallest absolute Gasteiger partial charge is 0.126 e. The first-order valence-electron chi connectivity index (χ1n) is 10.6. The van der Waals surface area contributed by atoms with Crippen molar-refractivity contribution in [2.24, 2.45) is 0 Å². The monoisotopic (exact) mass is 450 g/mol. The first kappa shape index (κ1) is 23.6. The average molecular weight is 451 g/mol. The quantitative estimate of drug-likeness (QED) is 0.352. The molecule has 32 heavy (non-hydrogen) atoms. The predicted octanol–water partition coefficient (Wildman–Crippen LogP) is 6.63. The maximum Gasteiger partial charge on any atom is 0.126 e. The molecule has 0 radical (unpaired) electrons. The Balaban J connectivity index is 1.75.